The molecule has 2 unspecified atom stereocenters. The first-order valence-electron chi connectivity index (χ1n) is 14.3. The van der Waals surface area contributed by atoms with E-state index in [1.807, 2.05) is 30.7 Å². The second-order valence-electron chi connectivity index (χ2n) is 12.0. The van der Waals surface area contributed by atoms with Crippen LogP contribution in [0.3, 0.4) is 0 Å². The summed E-state index contributed by atoms with van der Waals surface area (Å²) in [6.45, 7) is 9.41. The fourth-order valence-corrected chi connectivity index (χ4v) is 6.87. The van der Waals surface area contributed by atoms with Gasteiger partial charge >= 0.3 is 5.97 Å². The number of hydrogen-bond donors (Lipinski definition) is 0. The van der Waals surface area contributed by atoms with Gasteiger partial charge in [-0.05, 0) is 45.1 Å². The van der Waals surface area contributed by atoms with E-state index in [4.69, 9.17) is 4.74 Å². The van der Waals surface area contributed by atoms with Gasteiger partial charge in [0.25, 0.3) is 0 Å². The van der Waals surface area contributed by atoms with Crippen LogP contribution in [-0.4, -0.2) is 25.2 Å². The van der Waals surface area contributed by atoms with E-state index in [0.29, 0.717) is 18.3 Å². The Labute approximate surface area is 225 Å². The highest BCUT2D eigenvalue weighted by Gasteiger charge is 2.55. The van der Waals surface area contributed by atoms with Gasteiger partial charge in [0, 0.05) is 17.5 Å². The first kappa shape index (κ1) is 26.4. The summed E-state index contributed by atoms with van der Waals surface area (Å²) in [4.78, 5) is 22.0. The number of hydrogen-bond acceptors (Lipinski definition) is 5. The SMILES string of the molecule is CCCCCC(C)(C)C(=O)OCn1ccc2c(-c3cn4[n+](c3)CC(C)C4(CC#N)C3CCCC3)ncnc21. The molecule has 0 aromatic carbocycles. The number of fused-ring (bicyclic) bond motifs is 2. The summed E-state index contributed by atoms with van der Waals surface area (Å²) in [5.41, 5.74) is 1.96. The minimum atomic E-state index is -0.505. The third kappa shape index (κ3) is 4.50. The standard InChI is InChI=1S/C30H41N6O2/c1-5-6-9-13-29(3,4)28(37)38-21-34-16-12-25-26(32-20-33-27(25)34)23-18-35-17-22(2)30(14-15-31,36(35)19-23)24-10-7-8-11-24/h12,16,18-20,22,24H,5-11,13-14,17,21H2,1-4H3/q+1. The Bertz CT molecular complexity index is 1340. The lowest BCUT2D eigenvalue weighted by Crippen LogP contribution is -2.46. The van der Waals surface area contributed by atoms with E-state index < -0.39 is 5.41 Å². The van der Waals surface area contributed by atoms with Crippen molar-refractivity contribution < 1.29 is 14.2 Å². The topological polar surface area (TPSA) is 89.6 Å². The van der Waals surface area contributed by atoms with Gasteiger partial charge in [-0.3, -0.25) is 9.36 Å². The van der Waals surface area contributed by atoms with Gasteiger partial charge in [0.15, 0.2) is 13.3 Å². The molecule has 2 aliphatic rings. The molecule has 5 rings (SSSR count). The van der Waals surface area contributed by atoms with Gasteiger partial charge in [-0.25, -0.2) is 9.97 Å². The highest BCUT2D eigenvalue weighted by molar-refractivity contribution is 5.90. The largest absolute Gasteiger partial charge is 0.443 e. The van der Waals surface area contributed by atoms with Crippen LogP contribution >= 0.6 is 0 Å². The van der Waals surface area contributed by atoms with Gasteiger partial charge in [-0.15, -0.1) is 4.68 Å². The van der Waals surface area contributed by atoms with Crippen LogP contribution in [-0.2, 0) is 28.3 Å². The molecule has 1 fully saturated rings. The van der Waals surface area contributed by atoms with Crippen molar-refractivity contribution >= 4 is 17.0 Å². The molecule has 0 radical (unpaired) electrons. The van der Waals surface area contributed by atoms with Crippen molar-refractivity contribution in [3.8, 4) is 17.3 Å². The average Bonchev–Trinajstić information content (AvgIpc) is 3.68. The van der Waals surface area contributed by atoms with E-state index in [9.17, 15) is 10.1 Å². The number of rotatable bonds is 10. The molecule has 38 heavy (non-hydrogen) atoms. The van der Waals surface area contributed by atoms with Gasteiger partial charge < -0.3 is 4.74 Å². The van der Waals surface area contributed by atoms with E-state index in [1.165, 1.54) is 25.7 Å². The Morgan fingerprint density at radius 3 is 2.82 bits per heavy atom. The van der Waals surface area contributed by atoms with Crippen LogP contribution in [0.25, 0.3) is 22.3 Å². The average molecular weight is 518 g/mol. The summed E-state index contributed by atoms with van der Waals surface area (Å²) in [7, 11) is 0. The Morgan fingerprint density at radius 2 is 2.08 bits per heavy atom. The van der Waals surface area contributed by atoms with E-state index in [-0.39, 0.29) is 18.2 Å². The van der Waals surface area contributed by atoms with Gasteiger partial charge in [-0.1, -0.05) is 46.0 Å². The van der Waals surface area contributed by atoms with Crippen LogP contribution in [0.5, 0.6) is 0 Å². The number of nitriles is 1. The van der Waals surface area contributed by atoms with Crippen LogP contribution in [0.2, 0.25) is 0 Å². The zero-order valence-electron chi connectivity index (χ0n) is 23.3. The van der Waals surface area contributed by atoms with Gasteiger partial charge in [0.1, 0.15) is 17.5 Å². The molecule has 8 nitrogen and oxygen atoms in total. The maximum absolute atomic E-state index is 12.8. The van der Waals surface area contributed by atoms with Gasteiger partial charge in [0.2, 0.25) is 6.20 Å². The second-order valence-corrected chi connectivity index (χ2v) is 12.0. The summed E-state index contributed by atoms with van der Waals surface area (Å²) in [5, 5.41) is 10.8. The molecule has 4 heterocycles. The fourth-order valence-electron chi connectivity index (χ4n) is 6.87. The molecule has 0 amide bonds. The molecule has 3 aromatic heterocycles. The van der Waals surface area contributed by atoms with Crippen molar-refractivity contribution in [3.05, 3.63) is 31.0 Å². The minimum absolute atomic E-state index is 0.126. The summed E-state index contributed by atoms with van der Waals surface area (Å²) >= 11 is 0. The summed E-state index contributed by atoms with van der Waals surface area (Å²) in [5.74, 6) is 0.755. The van der Waals surface area contributed by atoms with Crippen molar-refractivity contribution in [2.75, 3.05) is 0 Å². The molecule has 0 N–H and O–H groups in total. The lowest BCUT2D eigenvalue weighted by molar-refractivity contribution is -0.762. The van der Waals surface area contributed by atoms with Gasteiger partial charge in [0.05, 0.1) is 35.4 Å². The smallest absolute Gasteiger partial charge is 0.313 e. The second kappa shape index (κ2) is 10.5. The third-order valence-electron chi connectivity index (χ3n) is 9.11. The first-order chi connectivity index (χ1) is 18.3. The Kier molecular flexibility index (Phi) is 7.30. The Morgan fingerprint density at radius 1 is 1.29 bits per heavy atom. The molecule has 8 heteroatoms. The lowest BCUT2D eigenvalue weighted by atomic mass is 9.72. The summed E-state index contributed by atoms with van der Waals surface area (Å²) in [6, 6.07) is 4.52. The predicted molar refractivity (Wildman–Crippen MR) is 144 cm³/mol. The van der Waals surface area contributed by atoms with Crippen molar-refractivity contribution in [3.63, 3.8) is 0 Å². The lowest BCUT2D eigenvalue weighted by Gasteiger charge is -2.34. The van der Waals surface area contributed by atoms with Crippen LogP contribution in [0.4, 0.5) is 0 Å². The quantitative estimate of drug-likeness (QED) is 0.194. The Balaban J connectivity index is 1.40. The number of carbonyl (C=O) groups is 1. The normalized spacial score (nSPS) is 21.6. The molecular formula is C30H41N6O2+. The number of nitrogens with zero attached hydrogens (tertiary/aromatic N) is 6. The summed E-state index contributed by atoms with van der Waals surface area (Å²) in [6.07, 6.45) is 17.4. The summed E-state index contributed by atoms with van der Waals surface area (Å²) < 4.78 is 12.2. The molecule has 0 saturated heterocycles. The van der Waals surface area contributed by atoms with Crippen LogP contribution < -0.4 is 4.68 Å². The third-order valence-corrected chi connectivity index (χ3v) is 9.11. The first-order valence-corrected chi connectivity index (χ1v) is 14.3. The highest BCUT2D eigenvalue weighted by atomic mass is 16.5. The van der Waals surface area contributed by atoms with Crippen LogP contribution in [0.1, 0.15) is 85.5 Å². The molecule has 0 bridgehead atoms. The van der Waals surface area contributed by atoms with Crippen molar-refractivity contribution in [1.82, 2.24) is 19.2 Å². The zero-order chi connectivity index (χ0) is 26.9. The maximum atomic E-state index is 12.8. The maximum Gasteiger partial charge on any atom is 0.313 e. The number of esters is 1. The fraction of sp³-hybridized carbons (Fsp3) is 0.633. The van der Waals surface area contributed by atoms with Crippen LogP contribution in [0.15, 0.2) is 31.0 Å². The van der Waals surface area contributed by atoms with Crippen molar-refractivity contribution in [2.45, 2.75) is 104 Å². The van der Waals surface area contributed by atoms with Gasteiger partial charge in [-0.2, -0.15) is 9.94 Å². The number of unbranched alkanes of at least 4 members (excludes halogenated alkanes) is 2. The molecule has 1 aliphatic heterocycles. The Hall–Kier alpha value is -3.21. The number of carbonyl (C=O) groups excluding carboxylic acids is 1. The van der Waals surface area contributed by atoms with Crippen molar-refractivity contribution in [2.24, 2.45) is 17.3 Å². The number of aromatic nitrogens is 5. The molecule has 0 spiro atoms. The van der Waals surface area contributed by atoms with E-state index in [1.54, 1.807) is 6.33 Å². The number of ether oxygens (including phenoxy) is 1. The molecule has 202 valence electrons. The van der Waals surface area contributed by atoms with E-state index >= 15 is 0 Å². The zero-order valence-corrected chi connectivity index (χ0v) is 23.3. The molecule has 3 aromatic rings. The highest BCUT2D eigenvalue weighted by Crippen LogP contribution is 2.48. The molecule has 2 atom stereocenters. The molecular weight excluding hydrogens is 476 g/mol. The van der Waals surface area contributed by atoms with Crippen LogP contribution in [0, 0.1) is 28.6 Å². The van der Waals surface area contributed by atoms with E-state index in [0.717, 1.165) is 54.5 Å². The van der Waals surface area contributed by atoms with Crippen molar-refractivity contribution in [1.29, 1.82) is 5.26 Å². The predicted octanol–water partition coefficient (Wildman–Crippen LogP) is 5.74. The minimum Gasteiger partial charge on any atom is -0.443 e. The van der Waals surface area contributed by atoms with E-state index in [2.05, 4.69) is 51.6 Å². The molecule has 1 aliphatic carbocycles. The monoisotopic (exact) mass is 517 g/mol. The molecule has 1 saturated carbocycles.